The number of nitrogens with zero attached hydrogens (tertiary/aromatic N) is 1. The molecule has 0 aliphatic carbocycles. The van der Waals surface area contributed by atoms with Crippen molar-refractivity contribution in [3.05, 3.63) is 42.0 Å². The minimum absolute atomic E-state index is 0.115. The number of phenolic OH excluding ortho intramolecular Hbond substituents is 1. The molecule has 0 radical (unpaired) electrons. The minimum Gasteiger partial charge on any atom is -0.504 e. The Hall–Kier alpha value is -2.24. The van der Waals surface area contributed by atoms with Crippen molar-refractivity contribution in [2.24, 2.45) is 5.73 Å². The Bertz CT molecular complexity index is 639. The van der Waals surface area contributed by atoms with Gasteiger partial charge in [-0.3, -0.25) is 0 Å². The molecule has 1 saturated heterocycles. The molecule has 0 unspecified atom stereocenters. The Balaban J connectivity index is 1.89. The summed E-state index contributed by atoms with van der Waals surface area (Å²) in [7, 11) is 1.54. The molecule has 1 aliphatic heterocycles. The molecule has 1 fully saturated rings. The maximum atomic E-state index is 10.1. The predicted molar refractivity (Wildman–Crippen MR) is 91.0 cm³/mol. The molecule has 23 heavy (non-hydrogen) atoms. The molecule has 0 atom stereocenters. The fourth-order valence-corrected chi connectivity index (χ4v) is 2.83. The molecule has 0 spiro atoms. The smallest absolute Gasteiger partial charge is 0.162 e. The van der Waals surface area contributed by atoms with Crippen LogP contribution in [0, 0.1) is 0 Å². The van der Waals surface area contributed by atoms with E-state index < -0.39 is 0 Å². The van der Waals surface area contributed by atoms with Crippen molar-refractivity contribution in [1.29, 1.82) is 0 Å². The zero-order valence-electron chi connectivity index (χ0n) is 13.3. The zero-order valence-corrected chi connectivity index (χ0v) is 13.3. The second kappa shape index (κ2) is 6.89. The molecule has 5 nitrogen and oxygen atoms in total. The minimum atomic E-state index is 0.115. The lowest BCUT2D eigenvalue weighted by Crippen LogP contribution is -2.36. The van der Waals surface area contributed by atoms with E-state index in [-0.39, 0.29) is 12.3 Å². The fourth-order valence-electron chi connectivity index (χ4n) is 2.83. The summed E-state index contributed by atoms with van der Waals surface area (Å²) in [6.45, 7) is 3.66. The van der Waals surface area contributed by atoms with Gasteiger partial charge in [-0.15, -0.1) is 0 Å². The van der Waals surface area contributed by atoms with Gasteiger partial charge >= 0.3 is 0 Å². The van der Waals surface area contributed by atoms with Crippen molar-refractivity contribution in [2.75, 3.05) is 38.3 Å². The van der Waals surface area contributed by atoms with E-state index in [0.717, 1.165) is 37.4 Å². The highest BCUT2D eigenvalue weighted by Crippen LogP contribution is 2.35. The van der Waals surface area contributed by atoms with E-state index in [1.807, 2.05) is 12.1 Å². The van der Waals surface area contributed by atoms with Crippen LogP contribution in [0.4, 0.5) is 5.69 Å². The van der Waals surface area contributed by atoms with Crippen molar-refractivity contribution in [3.8, 4) is 22.6 Å². The monoisotopic (exact) mass is 314 g/mol. The number of nitrogens with two attached hydrogens (primary N) is 1. The van der Waals surface area contributed by atoms with E-state index in [9.17, 15) is 5.11 Å². The predicted octanol–water partition coefficient (Wildman–Crippen LogP) is 2.36. The molecular formula is C18H22N2O3. The Morgan fingerprint density at radius 3 is 2.43 bits per heavy atom. The van der Waals surface area contributed by atoms with Gasteiger partial charge in [-0.1, -0.05) is 12.1 Å². The van der Waals surface area contributed by atoms with Crippen LogP contribution < -0.4 is 15.4 Å². The highest BCUT2D eigenvalue weighted by atomic mass is 16.5. The zero-order chi connectivity index (χ0) is 16.2. The van der Waals surface area contributed by atoms with Gasteiger partial charge in [0.2, 0.25) is 0 Å². The molecule has 122 valence electrons. The second-order valence-electron chi connectivity index (χ2n) is 5.54. The molecule has 3 rings (SSSR count). The van der Waals surface area contributed by atoms with Crippen LogP contribution in [0.25, 0.3) is 11.1 Å². The third-order valence-electron chi connectivity index (χ3n) is 4.17. The van der Waals surface area contributed by atoms with Crippen molar-refractivity contribution < 1.29 is 14.6 Å². The quantitative estimate of drug-likeness (QED) is 0.907. The summed E-state index contributed by atoms with van der Waals surface area (Å²) in [5.41, 5.74) is 9.63. The number of hydrogen-bond donors (Lipinski definition) is 2. The standard InChI is InChI=1S/C18H22N2O3/c1-22-17-11-14(10-15(12-19)18(17)21)13-2-4-16(5-3-13)20-6-8-23-9-7-20/h2-5,10-11,21H,6-9,12,19H2,1H3. The van der Waals surface area contributed by atoms with E-state index in [1.165, 1.54) is 5.69 Å². The molecule has 0 aromatic heterocycles. The molecule has 1 heterocycles. The Labute approximate surface area is 136 Å². The SMILES string of the molecule is COc1cc(-c2ccc(N3CCOCC3)cc2)cc(CN)c1O. The van der Waals surface area contributed by atoms with Gasteiger partial charge < -0.3 is 25.2 Å². The Morgan fingerprint density at radius 2 is 1.83 bits per heavy atom. The first-order chi connectivity index (χ1) is 11.2. The molecule has 3 N–H and O–H groups in total. The fraction of sp³-hybridized carbons (Fsp3) is 0.333. The molecule has 5 heteroatoms. The summed E-state index contributed by atoms with van der Waals surface area (Å²) in [5, 5.41) is 10.1. The van der Waals surface area contributed by atoms with Gasteiger partial charge in [0.15, 0.2) is 11.5 Å². The van der Waals surface area contributed by atoms with Crippen LogP contribution in [0.1, 0.15) is 5.56 Å². The first kappa shape index (κ1) is 15.6. The van der Waals surface area contributed by atoms with E-state index >= 15 is 0 Å². The van der Waals surface area contributed by atoms with Crippen molar-refractivity contribution in [1.82, 2.24) is 0 Å². The summed E-state index contributed by atoms with van der Waals surface area (Å²) >= 11 is 0. The molecule has 0 bridgehead atoms. The Morgan fingerprint density at radius 1 is 1.13 bits per heavy atom. The Kier molecular flexibility index (Phi) is 4.69. The number of hydrogen-bond acceptors (Lipinski definition) is 5. The molecule has 2 aromatic rings. The van der Waals surface area contributed by atoms with Crippen LogP contribution in [0.15, 0.2) is 36.4 Å². The van der Waals surface area contributed by atoms with E-state index in [4.69, 9.17) is 15.2 Å². The van der Waals surface area contributed by atoms with E-state index in [0.29, 0.717) is 11.3 Å². The van der Waals surface area contributed by atoms with Crippen molar-refractivity contribution in [3.63, 3.8) is 0 Å². The third kappa shape index (κ3) is 3.25. The molecule has 2 aromatic carbocycles. The maximum Gasteiger partial charge on any atom is 0.162 e. The molecular weight excluding hydrogens is 292 g/mol. The number of methoxy groups -OCH3 is 1. The largest absolute Gasteiger partial charge is 0.504 e. The third-order valence-corrected chi connectivity index (χ3v) is 4.17. The normalized spacial score (nSPS) is 14.8. The molecule has 0 saturated carbocycles. The van der Waals surface area contributed by atoms with Gasteiger partial charge in [0.1, 0.15) is 0 Å². The lowest BCUT2D eigenvalue weighted by Gasteiger charge is -2.29. The van der Waals surface area contributed by atoms with Gasteiger partial charge in [-0.2, -0.15) is 0 Å². The second-order valence-corrected chi connectivity index (χ2v) is 5.54. The van der Waals surface area contributed by atoms with Crippen LogP contribution in [-0.2, 0) is 11.3 Å². The average molecular weight is 314 g/mol. The number of anilines is 1. The molecule has 1 aliphatic rings. The summed E-state index contributed by atoms with van der Waals surface area (Å²) in [6, 6.07) is 12.1. The van der Waals surface area contributed by atoms with Crippen LogP contribution in [0.2, 0.25) is 0 Å². The van der Waals surface area contributed by atoms with Crippen molar-refractivity contribution in [2.45, 2.75) is 6.54 Å². The number of phenols is 1. The topological polar surface area (TPSA) is 68.0 Å². The highest BCUT2D eigenvalue weighted by Gasteiger charge is 2.13. The van der Waals surface area contributed by atoms with Gasteiger partial charge in [-0.25, -0.2) is 0 Å². The van der Waals surface area contributed by atoms with Gasteiger partial charge in [0, 0.05) is 30.9 Å². The van der Waals surface area contributed by atoms with Crippen LogP contribution in [0.5, 0.6) is 11.5 Å². The first-order valence-electron chi connectivity index (χ1n) is 7.76. The number of ether oxygens (including phenoxy) is 2. The highest BCUT2D eigenvalue weighted by molar-refractivity contribution is 5.70. The van der Waals surface area contributed by atoms with Crippen molar-refractivity contribution >= 4 is 5.69 Å². The summed E-state index contributed by atoms with van der Waals surface area (Å²) in [4.78, 5) is 2.32. The van der Waals surface area contributed by atoms with Gasteiger partial charge in [-0.05, 0) is 35.4 Å². The van der Waals surface area contributed by atoms with E-state index in [1.54, 1.807) is 7.11 Å². The summed E-state index contributed by atoms with van der Waals surface area (Å²) < 4.78 is 10.6. The van der Waals surface area contributed by atoms with Gasteiger partial charge in [0.05, 0.1) is 20.3 Å². The summed E-state index contributed by atoms with van der Waals surface area (Å²) in [6.07, 6.45) is 0. The number of benzene rings is 2. The lowest BCUT2D eigenvalue weighted by atomic mass is 10.0. The molecule has 0 amide bonds. The maximum absolute atomic E-state index is 10.1. The average Bonchev–Trinajstić information content (AvgIpc) is 2.63. The number of aromatic hydroxyl groups is 1. The summed E-state index contributed by atoms with van der Waals surface area (Å²) in [5.74, 6) is 0.559. The number of rotatable bonds is 4. The van der Waals surface area contributed by atoms with Crippen LogP contribution in [0.3, 0.4) is 0 Å². The van der Waals surface area contributed by atoms with E-state index in [2.05, 4.69) is 29.2 Å². The number of morpholine rings is 1. The van der Waals surface area contributed by atoms with Gasteiger partial charge in [0.25, 0.3) is 0 Å². The van der Waals surface area contributed by atoms with Crippen LogP contribution in [-0.4, -0.2) is 38.5 Å². The van der Waals surface area contributed by atoms with Crippen LogP contribution >= 0.6 is 0 Å². The first-order valence-corrected chi connectivity index (χ1v) is 7.76. The lowest BCUT2D eigenvalue weighted by molar-refractivity contribution is 0.122.